The second-order valence-corrected chi connectivity index (χ2v) is 10.8. The van der Waals surface area contributed by atoms with Crippen LogP contribution in [0.3, 0.4) is 0 Å². The van der Waals surface area contributed by atoms with Crippen molar-refractivity contribution in [1.29, 1.82) is 0 Å². The fourth-order valence-corrected chi connectivity index (χ4v) is 5.05. The van der Waals surface area contributed by atoms with Crippen LogP contribution in [0.2, 0.25) is 0 Å². The molecular formula is C30H32N2O3. The minimum absolute atomic E-state index is 0.0175. The number of rotatable bonds is 5. The normalized spacial score (nSPS) is 16.0. The Balaban J connectivity index is 1.69. The summed E-state index contributed by atoms with van der Waals surface area (Å²) in [6.07, 6.45) is 0.806. The molecule has 0 bridgehead atoms. The predicted octanol–water partition coefficient (Wildman–Crippen LogP) is 5.74. The largest absolute Gasteiger partial charge is 0.450 e. The molecule has 0 fully saturated rings. The minimum Gasteiger partial charge on any atom is -0.450 e. The first-order valence-corrected chi connectivity index (χ1v) is 12.2. The van der Waals surface area contributed by atoms with Crippen LogP contribution in [0.5, 0.6) is 0 Å². The Bertz CT molecular complexity index is 1480. The Labute approximate surface area is 206 Å². The maximum Gasteiger partial charge on any atom is 0.290 e. The average Bonchev–Trinajstić information content (AvgIpc) is 3.10. The molecule has 1 unspecified atom stereocenters. The second-order valence-electron chi connectivity index (χ2n) is 10.8. The quantitative estimate of drug-likeness (QED) is 0.351. The molecule has 5 rings (SSSR count). The van der Waals surface area contributed by atoms with Crippen molar-refractivity contribution in [2.24, 2.45) is 0 Å². The predicted molar refractivity (Wildman–Crippen MR) is 141 cm³/mol. The standard InChI is InChI=1S/C30H32N2O3/c1-30(2,3)21-14-11-20(12-15-21)25-24-26(33)23-16-13-19-9-6-7-10-22(19)27(23)35-28(24)29(34)32(25)18-8-17-31(4)5/h6-7,9-16,25H,8,17-18H2,1-5H3. The molecule has 0 N–H and O–H groups in total. The molecule has 1 aromatic heterocycles. The molecule has 5 heteroatoms. The van der Waals surface area contributed by atoms with Crippen molar-refractivity contribution >= 4 is 27.6 Å². The number of fused-ring (bicyclic) bond motifs is 4. The van der Waals surface area contributed by atoms with Crippen molar-refractivity contribution in [2.45, 2.75) is 38.6 Å². The van der Waals surface area contributed by atoms with Crippen LogP contribution in [0.4, 0.5) is 0 Å². The Morgan fingerprint density at radius 3 is 2.31 bits per heavy atom. The zero-order valence-corrected chi connectivity index (χ0v) is 21.1. The molecule has 0 saturated carbocycles. The first kappa shape index (κ1) is 23.3. The maximum absolute atomic E-state index is 13.9. The number of amides is 1. The molecule has 1 amide bonds. The van der Waals surface area contributed by atoms with E-state index in [0.717, 1.165) is 29.3 Å². The number of benzene rings is 3. The zero-order valence-electron chi connectivity index (χ0n) is 21.1. The summed E-state index contributed by atoms with van der Waals surface area (Å²) in [7, 11) is 4.04. The zero-order chi connectivity index (χ0) is 24.9. The van der Waals surface area contributed by atoms with Gasteiger partial charge in [0.1, 0.15) is 5.58 Å². The van der Waals surface area contributed by atoms with E-state index in [9.17, 15) is 9.59 Å². The number of hydrogen-bond donors (Lipinski definition) is 0. The molecule has 1 aliphatic heterocycles. The van der Waals surface area contributed by atoms with E-state index in [2.05, 4.69) is 49.9 Å². The molecule has 0 spiro atoms. The summed E-state index contributed by atoms with van der Waals surface area (Å²) in [6, 6.07) is 19.4. The Hall–Kier alpha value is -3.44. The molecule has 5 nitrogen and oxygen atoms in total. The third-order valence-corrected chi connectivity index (χ3v) is 6.95. The molecular weight excluding hydrogens is 436 g/mol. The second kappa shape index (κ2) is 8.65. The summed E-state index contributed by atoms with van der Waals surface area (Å²) in [5.74, 6) is -0.0378. The highest BCUT2D eigenvalue weighted by Gasteiger charge is 2.42. The molecule has 3 aromatic carbocycles. The number of nitrogens with zero attached hydrogens (tertiary/aromatic N) is 2. The maximum atomic E-state index is 13.9. The molecule has 2 heterocycles. The number of carbonyl (C=O) groups is 1. The van der Waals surface area contributed by atoms with E-state index in [0.29, 0.717) is 23.1 Å². The van der Waals surface area contributed by atoms with Crippen LogP contribution in [0, 0.1) is 0 Å². The summed E-state index contributed by atoms with van der Waals surface area (Å²) in [4.78, 5) is 31.5. The van der Waals surface area contributed by atoms with Gasteiger partial charge in [-0.25, -0.2) is 0 Å². The highest BCUT2D eigenvalue weighted by atomic mass is 16.3. The van der Waals surface area contributed by atoms with Crippen LogP contribution in [0.1, 0.15) is 60.5 Å². The summed E-state index contributed by atoms with van der Waals surface area (Å²) in [5.41, 5.74) is 2.97. The van der Waals surface area contributed by atoms with Gasteiger partial charge in [0.05, 0.1) is 17.0 Å². The van der Waals surface area contributed by atoms with Gasteiger partial charge in [-0.3, -0.25) is 9.59 Å². The fourth-order valence-electron chi connectivity index (χ4n) is 5.05. The first-order chi connectivity index (χ1) is 16.7. The van der Waals surface area contributed by atoms with E-state index in [1.54, 1.807) is 0 Å². The van der Waals surface area contributed by atoms with E-state index in [1.807, 2.05) is 55.4 Å². The van der Waals surface area contributed by atoms with E-state index < -0.39 is 6.04 Å². The SMILES string of the molecule is CN(C)CCCN1C(=O)c2oc3c(ccc4ccccc43)c(=O)c2C1c1ccc(C(C)(C)C)cc1. The number of carbonyl (C=O) groups excluding carboxylic acids is 1. The third kappa shape index (κ3) is 4.04. The van der Waals surface area contributed by atoms with Crippen molar-refractivity contribution in [1.82, 2.24) is 9.80 Å². The summed E-state index contributed by atoms with van der Waals surface area (Å²) in [5, 5.41) is 2.34. The molecule has 1 aliphatic rings. The Morgan fingerprint density at radius 1 is 0.914 bits per heavy atom. The fraction of sp³-hybridized carbons (Fsp3) is 0.333. The molecule has 180 valence electrons. The summed E-state index contributed by atoms with van der Waals surface area (Å²) >= 11 is 0. The van der Waals surface area contributed by atoms with E-state index >= 15 is 0 Å². The summed E-state index contributed by atoms with van der Waals surface area (Å²) in [6.45, 7) is 7.92. The highest BCUT2D eigenvalue weighted by molar-refractivity contribution is 6.06. The molecule has 4 aromatic rings. The van der Waals surface area contributed by atoms with E-state index in [1.165, 1.54) is 5.56 Å². The van der Waals surface area contributed by atoms with Gasteiger partial charge in [0, 0.05) is 11.9 Å². The molecule has 0 radical (unpaired) electrons. The van der Waals surface area contributed by atoms with Gasteiger partial charge in [0.2, 0.25) is 5.76 Å². The minimum atomic E-state index is -0.458. The van der Waals surface area contributed by atoms with Crippen molar-refractivity contribution < 1.29 is 9.21 Å². The van der Waals surface area contributed by atoms with Crippen molar-refractivity contribution in [3.8, 4) is 0 Å². The third-order valence-electron chi connectivity index (χ3n) is 6.95. The van der Waals surface area contributed by atoms with Crippen molar-refractivity contribution in [3.63, 3.8) is 0 Å². The lowest BCUT2D eigenvalue weighted by Crippen LogP contribution is -2.32. The lowest BCUT2D eigenvalue weighted by atomic mass is 9.86. The smallest absolute Gasteiger partial charge is 0.290 e. The van der Waals surface area contributed by atoms with Crippen molar-refractivity contribution in [2.75, 3.05) is 27.2 Å². The molecule has 0 aliphatic carbocycles. The Kier molecular flexibility index (Phi) is 5.76. The van der Waals surface area contributed by atoms with Crippen LogP contribution < -0.4 is 5.43 Å². The van der Waals surface area contributed by atoms with Crippen LogP contribution in [-0.4, -0.2) is 42.9 Å². The van der Waals surface area contributed by atoms with Gasteiger partial charge < -0.3 is 14.2 Å². The van der Waals surface area contributed by atoms with Gasteiger partial charge in [-0.05, 0) is 55.1 Å². The van der Waals surface area contributed by atoms with Gasteiger partial charge in [-0.15, -0.1) is 0 Å². The first-order valence-electron chi connectivity index (χ1n) is 12.2. The van der Waals surface area contributed by atoms with Crippen LogP contribution in [-0.2, 0) is 5.41 Å². The molecule has 1 atom stereocenters. The van der Waals surface area contributed by atoms with Crippen molar-refractivity contribution in [3.05, 3.63) is 93.3 Å². The van der Waals surface area contributed by atoms with E-state index in [4.69, 9.17) is 4.42 Å². The van der Waals surface area contributed by atoms with Gasteiger partial charge in [0.25, 0.3) is 5.91 Å². The highest BCUT2D eigenvalue weighted by Crippen LogP contribution is 2.39. The van der Waals surface area contributed by atoms with Gasteiger partial charge in [-0.1, -0.05) is 75.4 Å². The van der Waals surface area contributed by atoms with Gasteiger partial charge in [0.15, 0.2) is 5.43 Å². The average molecular weight is 469 g/mol. The molecule has 35 heavy (non-hydrogen) atoms. The van der Waals surface area contributed by atoms with E-state index in [-0.39, 0.29) is 22.5 Å². The lowest BCUT2D eigenvalue weighted by molar-refractivity contribution is 0.0722. The van der Waals surface area contributed by atoms with Gasteiger partial charge >= 0.3 is 0 Å². The monoisotopic (exact) mass is 468 g/mol. The summed E-state index contributed by atoms with van der Waals surface area (Å²) < 4.78 is 6.30. The Morgan fingerprint density at radius 2 is 1.63 bits per heavy atom. The van der Waals surface area contributed by atoms with Gasteiger partial charge in [-0.2, -0.15) is 0 Å². The molecule has 0 saturated heterocycles. The van der Waals surface area contributed by atoms with Crippen LogP contribution in [0.25, 0.3) is 21.7 Å². The lowest BCUT2D eigenvalue weighted by Gasteiger charge is -2.26. The van der Waals surface area contributed by atoms with Crippen LogP contribution in [0.15, 0.2) is 69.9 Å². The topological polar surface area (TPSA) is 53.8 Å². The van der Waals surface area contributed by atoms with Crippen LogP contribution >= 0.6 is 0 Å². The number of hydrogen-bond acceptors (Lipinski definition) is 4.